The molecule has 1 aliphatic rings. The smallest absolute Gasteiger partial charge is 0 e. The Morgan fingerprint density at radius 1 is 1.33 bits per heavy atom. The summed E-state index contributed by atoms with van der Waals surface area (Å²) >= 11 is 0. The maximum Gasteiger partial charge on any atom is 0 e. The summed E-state index contributed by atoms with van der Waals surface area (Å²) in [6, 6.07) is 0. The zero-order valence-electron chi connectivity index (χ0n) is 3.72. The van der Waals surface area contributed by atoms with Crippen molar-refractivity contribution < 1.29 is 21.1 Å². The Bertz CT molecular complexity index is 30.9. The zero-order valence-corrected chi connectivity index (χ0v) is 5.99. The molecule has 0 saturated heterocycles. The average molecular weight is 264 g/mol. The molecule has 0 spiro atoms. The van der Waals surface area contributed by atoms with E-state index in [0.29, 0.717) is 0 Å². The van der Waals surface area contributed by atoms with Crippen LogP contribution in [0.2, 0.25) is 0 Å². The van der Waals surface area contributed by atoms with E-state index in [-0.39, 0.29) is 21.1 Å². The normalized spacial score (nSPS) is 21.5. The Morgan fingerprint density at radius 3 is 1.67 bits per heavy atom. The molecule has 1 rings (SSSR count). The van der Waals surface area contributed by atoms with Crippen LogP contribution in [0.1, 0.15) is 19.3 Å². The molecule has 0 N–H and O–H groups in total. The van der Waals surface area contributed by atoms with E-state index in [2.05, 4.69) is 6.92 Å². The Balaban J connectivity index is 0.000000250. The van der Waals surface area contributed by atoms with Gasteiger partial charge in [-0.05, 0) is 0 Å². The van der Waals surface area contributed by atoms with Crippen LogP contribution in [-0.4, -0.2) is 0 Å². The number of hydrogen-bond acceptors (Lipinski definition) is 0. The quantitative estimate of drug-likeness (QED) is 0.583. The summed E-state index contributed by atoms with van der Waals surface area (Å²) in [7, 11) is 0. The van der Waals surface area contributed by atoms with Crippen LogP contribution in [0.3, 0.4) is 0 Å². The summed E-state index contributed by atoms with van der Waals surface area (Å²) in [5.74, 6) is 0.815. The molecule has 0 aromatic carbocycles. The Hall–Kier alpha value is 0.688. The molecule has 1 fully saturated rings. The van der Waals surface area contributed by atoms with Crippen molar-refractivity contribution in [3.63, 3.8) is 0 Å². The van der Waals surface area contributed by atoms with Crippen LogP contribution in [0, 0.1) is 12.8 Å². The minimum absolute atomic E-state index is 0. The van der Waals surface area contributed by atoms with Crippen molar-refractivity contribution in [2.75, 3.05) is 0 Å². The molecule has 0 nitrogen and oxygen atoms in total. The minimum atomic E-state index is 0. The van der Waals surface area contributed by atoms with Gasteiger partial charge >= 0.3 is 0 Å². The molecule has 1 saturated carbocycles. The van der Waals surface area contributed by atoms with Gasteiger partial charge in [-0.2, -0.15) is 5.92 Å². The number of rotatable bonds is 0. The second kappa shape index (κ2) is 2.80. The van der Waals surface area contributed by atoms with E-state index >= 15 is 0 Å². The van der Waals surface area contributed by atoms with E-state index in [1.165, 1.54) is 19.3 Å². The standard InChI is InChI=1S/C5H9.Pt/c1-5-3-2-4-5;/h5H,1-4H2;/q-1;. The van der Waals surface area contributed by atoms with Crippen molar-refractivity contribution in [1.29, 1.82) is 0 Å². The Morgan fingerprint density at radius 2 is 1.67 bits per heavy atom. The topological polar surface area (TPSA) is 0 Å². The van der Waals surface area contributed by atoms with Gasteiger partial charge in [0.1, 0.15) is 0 Å². The fourth-order valence-electron chi connectivity index (χ4n) is 0.493. The summed E-state index contributed by atoms with van der Waals surface area (Å²) in [5.41, 5.74) is 0. The predicted octanol–water partition coefficient (Wildman–Crippen LogP) is 1.62. The molecule has 1 heteroatoms. The van der Waals surface area contributed by atoms with E-state index in [9.17, 15) is 0 Å². The van der Waals surface area contributed by atoms with E-state index < -0.39 is 0 Å². The van der Waals surface area contributed by atoms with Gasteiger partial charge in [0.05, 0.1) is 0 Å². The molecule has 0 atom stereocenters. The Labute approximate surface area is 53.6 Å². The van der Waals surface area contributed by atoms with Gasteiger partial charge in [0.2, 0.25) is 0 Å². The van der Waals surface area contributed by atoms with Gasteiger partial charge in [0, 0.05) is 21.1 Å². The first-order chi connectivity index (χ1) is 2.39. The molecule has 0 aromatic rings. The SMILES string of the molecule is [CH2-]C1CCC1.[Pt]. The molecular weight excluding hydrogens is 255 g/mol. The largest absolute Gasteiger partial charge is 0.340 e. The summed E-state index contributed by atoms with van der Waals surface area (Å²) < 4.78 is 0. The summed E-state index contributed by atoms with van der Waals surface area (Å²) in [4.78, 5) is 0. The predicted molar refractivity (Wildman–Crippen MR) is 22.7 cm³/mol. The van der Waals surface area contributed by atoms with Crippen molar-refractivity contribution >= 4 is 0 Å². The van der Waals surface area contributed by atoms with Gasteiger partial charge in [0.25, 0.3) is 0 Å². The maximum absolute atomic E-state index is 3.84. The molecule has 0 aliphatic heterocycles. The van der Waals surface area contributed by atoms with Crippen LogP contribution in [-0.2, 0) is 21.1 Å². The van der Waals surface area contributed by atoms with Crippen LogP contribution in [0.4, 0.5) is 0 Å². The van der Waals surface area contributed by atoms with Crippen LogP contribution < -0.4 is 0 Å². The second-order valence-electron chi connectivity index (χ2n) is 1.80. The monoisotopic (exact) mass is 264 g/mol. The first-order valence-corrected chi connectivity index (χ1v) is 2.22. The molecule has 0 heterocycles. The molecule has 0 radical (unpaired) electrons. The third kappa shape index (κ3) is 1.43. The van der Waals surface area contributed by atoms with Crippen LogP contribution in [0.5, 0.6) is 0 Å². The van der Waals surface area contributed by atoms with Crippen molar-refractivity contribution in [2.24, 2.45) is 5.92 Å². The molecule has 0 bridgehead atoms. The maximum atomic E-state index is 3.84. The van der Waals surface area contributed by atoms with Crippen LogP contribution in [0.15, 0.2) is 0 Å². The molecule has 40 valence electrons. The fraction of sp³-hybridized carbons (Fsp3) is 0.800. The van der Waals surface area contributed by atoms with Gasteiger partial charge < -0.3 is 6.92 Å². The minimum Gasteiger partial charge on any atom is -0.340 e. The van der Waals surface area contributed by atoms with Crippen molar-refractivity contribution in [3.05, 3.63) is 6.92 Å². The summed E-state index contributed by atoms with van der Waals surface area (Å²) in [5, 5.41) is 0. The number of hydrogen-bond donors (Lipinski definition) is 0. The third-order valence-electron chi connectivity index (χ3n) is 1.22. The molecule has 0 aromatic heterocycles. The molecule has 0 unspecified atom stereocenters. The van der Waals surface area contributed by atoms with E-state index in [0.717, 1.165) is 5.92 Å². The van der Waals surface area contributed by atoms with E-state index in [1.807, 2.05) is 0 Å². The molecular formula is C5H9Pt-. The fourth-order valence-corrected chi connectivity index (χ4v) is 0.493. The van der Waals surface area contributed by atoms with Gasteiger partial charge in [-0.15, -0.1) is 0 Å². The van der Waals surface area contributed by atoms with Crippen LogP contribution in [0.25, 0.3) is 0 Å². The van der Waals surface area contributed by atoms with Gasteiger partial charge in [0.15, 0.2) is 0 Å². The van der Waals surface area contributed by atoms with Gasteiger partial charge in [-0.3, -0.25) is 0 Å². The molecule has 6 heavy (non-hydrogen) atoms. The first kappa shape index (κ1) is 6.69. The van der Waals surface area contributed by atoms with Gasteiger partial charge in [-0.1, -0.05) is 19.3 Å². The van der Waals surface area contributed by atoms with Gasteiger partial charge in [-0.25, -0.2) is 0 Å². The second-order valence-corrected chi connectivity index (χ2v) is 1.80. The van der Waals surface area contributed by atoms with E-state index in [1.54, 1.807) is 0 Å². The first-order valence-electron chi connectivity index (χ1n) is 2.22. The Kier molecular flexibility index (Phi) is 3.12. The van der Waals surface area contributed by atoms with Crippen LogP contribution >= 0.6 is 0 Å². The third-order valence-corrected chi connectivity index (χ3v) is 1.22. The average Bonchev–Trinajstić information content (AvgIpc) is 1.30. The summed E-state index contributed by atoms with van der Waals surface area (Å²) in [6.07, 6.45) is 4.17. The summed E-state index contributed by atoms with van der Waals surface area (Å²) in [6.45, 7) is 3.84. The van der Waals surface area contributed by atoms with E-state index in [4.69, 9.17) is 0 Å². The van der Waals surface area contributed by atoms with Crippen molar-refractivity contribution in [1.82, 2.24) is 0 Å². The van der Waals surface area contributed by atoms with Crippen molar-refractivity contribution in [2.45, 2.75) is 19.3 Å². The molecule has 1 aliphatic carbocycles. The molecule has 0 amide bonds. The zero-order chi connectivity index (χ0) is 3.70. The van der Waals surface area contributed by atoms with Crippen molar-refractivity contribution in [3.8, 4) is 0 Å².